The minimum absolute atomic E-state index is 0.146. The minimum Gasteiger partial charge on any atom is -0.497 e. The number of aryl methyl sites for hydroxylation is 1. The molecule has 2 aromatic carbocycles. The molecule has 1 unspecified atom stereocenters. The van der Waals surface area contributed by atoms with Gasteiger partial charge in [-0.05, 0) is 36.6 Å². The van der Waals surface area contributed by atoms with Crippen LogP contribution in [0.1, 0.15) is 23.1 Å². The molecule has 0 aromatic heterocycles. The number of rotatable bonds is 8. The van der Waals surface area contributed by atoms with Crippen molar-refractivity contribution in [3.8, 4) is 11.5 Å². The van der Waals surface area contributed by atoms with Gasteiger partial charge < -0.3 is 14.6 Å². The number of piperazine rings is 1. The summed E-state index contributed by atoms with van der Waals surface area (Å²) in [6, 6.07) is 11.5. The van der Waals surface area contributed by atoms with Crippen molar-refractivity contribution in [2.24, 2.45) is 0 Å². The highest BCUT2D eigenvalue weighted by atomic mass is 19.1. The number of halogens is 1. The molecule has 0 radical (unpaired) electrons. The van der Waals surface area contributed by atoms with Gasteiger partial charge in [-0.1, -0.05) is 18.2 Å². The van der Waals surface area contributed by atoms with Crippen LogP contribution in [0.15, 0.2) is 36.4 Å². The van der Waals surface area contributed by atoms with E-state index >= 15 is 0 Å². The van der Waals surface area contributed by atoms with Gasteiger partial charge in [-0.15, -0.1) is 0 Å². The number of nitrogens with zero attached hydrogens (tertiary/aromatic N) is 2. The van der Waals surface area contributed by atoms with Crippen LogP contribution >= 0.6 is 0 Å². The summed E-state index contributed by atoms with van der Waals surface area (Å²) in [5.41, 5.74) is 3.03. The lowest BCUT2D eigenvalue weighted by Gasteiger charge is -2.41. The molecule has 0 amide bonds. The molecule has 2 aromatic rings. The highest BCUT2D eigenvalue weighted by molar-refractivity contribution is 5.36. The Morgan fingerprint density at radius 1 is 1.07 bits per heavy atom. The fourth-order valence-corrected chi connectivity index (χ4v) is 4.03. The van der Waals surface area contributed by atoms with Gasteiger partial charge in [-0.3, -0.25) is 9.80 Å². The van der Waals surface area contributed by atoms with E-state index < -0.39 is 0 Å². The van der Waals surface area contributed by atoms with Crippen molar-refractivity contribution in [2.75, 3.05) is 40.5 Å². The summed E-state index contributed by atoms with van der Waals surface area (Å²) < 4.78 is 24.8. The Hall–Kier alpha value is -2.15. The van der Waals surface area contributed by atoms with Gasteiger partial charge in [0, 0.05) is 57.0 Å². The number of methoxy groups -OCH3 is 2. The number of aliphatic hydroxyl groups excluding tert-OH is 1. The summed E-state index contributed by atoms with van der Waals surface area (Å²) in [7, 11) is 3.22. The van der Waals surface area contributed by atoms with Gasteiger partial charge in [0.2, 0.25) is 0 Å². The summed E-state index contributed by atoms with van der Waals surface area (Å²) >= 11 is 0. The first-order valence-corrected chi connectivity index (χ1v) is 10.1. The maximum atomic E-state index is 14.3. The largest absolute Gasteiger partial charge is 0.497 e. The Morgan fingerprint density at radius 2 is 1.90 bits per heavy atom. The molecule has 6 heteroatoms. The van der Waals surface area contributed by atoms with Gasteiger partial charge in [-0.25, -0.2) is 4.39 Å². The van der Waals surface area contributed by atoms with Crippen LogP contribution in [0.3, 0.4) is 0 Å². The third-order valence-electron chi connectivity index (χ3n) is 5.65. The van der Waals surface area contributed by atoms with Crippen LogP contribution in [0.2, 0.25) is 0 Å². The van der Waals surface area contributed by atoms with Gasteiger partial charge in [0.1, 0.15) is 17.3 Å². The summed E-state index contributed by atoms with van der Waals surface area (Å²) in [5.74, 6) is 1.19. The molecule has 158 valence electrons. The number of hydrogen-bond acceptors (Lipinski definition) is 5. The predicted molar refractivity (Wildman–Crippen MR) is 112 cm³/mol. The summed E-state index contributed by atoms with van der Waals surface area (Å²) in [6.45, 7) is 6.15. The topological polar surface area (TPSA) is 45.2 Å². The Morgan fingerprint density at radius 3 is 2.55 bits per heavy atom. The van der Waals surface area contributed by atoms with Crippen LogP contribution in [0.5, 0.6) is 11.5 Å². The Kier molecular flexibility index (Phi) is 7.47. The monoisotopic (exact) mass is 402 g/mol. The SMILES string of the molecule is COc1ccc(CN2CCN(Cc3ccc(OC)c(C)c3)C(CCO)C2)c(F)c1. The van der Waals surface area contributed by atoms with Crippen molar-refractivity contribution in [2.45, 2.75) is 32.5 Å². The molecule has 1 saturated heterocycles. The smallest absolute Gasteiger partial charge is 0.131 e. The summed E-state index contributed by atoms with van der Waals surface area (Å²) in [5, 5.41) is 9.56. The zero-order chi connectivity index (χ0) is 20.8. The second-order valence-corrected chi connectivity index (χ2v) is 7.63. The van der Waals surface area contributed by atoms with Crippen LogP contribution < -0.4 is 9.47 Å². The number of benzene rings is 2. The Balaban J connectivity index is 1.65. The minimum atomic E-state index is -0.237. The molecule has 0 bridgehead atoms. The zero-order valence-electron chi connectivity index (χ0n) is 17.5. The predicted octanol–water partition coefficient (Wildman–Crippen LogP) is 3.22. The zero-order valence-corrected chi connectivity index (χ0v) is 17.5. The molecule has 1 atom stereocenters. The average molecular weight is 403 g/mol. The first-order chi connectivity index (χ1) is 14.0. The lowest BCUT2D eigenvalue weighted by atomic mass is 10.0. The molecule has 0 aliphatic carbocycles. The van der Waals surface area contributed by atoms with E-state index in [4.69, 9.17) is 9.47 Å². The maximum Gasteiger partial charge on any atom is 0.131 e. The number of aliphatic hydroxyl groups is 1. The molecule has 1 aliphatic heterocycles. The molecule has 1 heterocycles. The van der Waals surface area contributed by atoms with Gasteiger partial charge in [-0.2, -0.15) is 0 Å². The van der Waals surface area contributed by atoms with Crippen molar-refractivity contribution < 1.29 is 19.0 Å². The highest BCUT2D eigenvalue weighted by Gasteiger charge is 2.27. The van der Waals surface area contributed by atoms with Crippen molar-refractivity contribution in [1.29, 1.82) is 0 Å². The maximum absolute atomic E-state index is 14.3. The van der Waals surface area contributed by atoms with E-state index in [0.717, 1.165) is 37.5 Å². The van der Waals surface area contributed by atoms with E-state index in [0.29, 0.717) is 24.3 Å². The van der Waals surface area contributed by atoms with Crippen LogP contribution in [0.4, 0.5) is 4.39 Å². The summed E-state index contributed by atoms with van der Waals surface area (Å²) in [6.07, 6.45) is 0.705. The average Bonchev–Trinajstić information content (AvgIpc) is 2.71. The quantitative estimate of drug-likeness (QED) is 0.735. The second kappa shape index (κ2) is 10.1. The van der Waals surface area contributed by atoms with Crippen LogP contribution in [-0.2, 0) is 13.1 Å². The second-order valence-electron chi connectivity index (χ2n) is 7.63. The van der Waals surface area contributed by atoms with Crippen molar-refractivity contribution in [1.82, 2.24) is 9.80 Å². The molecule has 1 N–H and O–H groups in total. The van der Waals surface area contributed by atoms with Crippen LogP contribution in [0.25, 0.3) is 0 Å². The van der Waals surface area contributed by atoms with E-state index in [-0.39, 0.29) is 18.5 Å². The van der Waals surface area contributed by atoms with E-state index in [1.165, 1.54) is 18.7 Å². The van der Waals surface area contributed by atoms with E-state index in [1.54, 1.807) is 19.2 Å². The van der Waals surface area contributed by atoms with Gasteiger partial charge in [0.25, 0.3) is 0 Å². The van der Waals surface area contributed by atoms with Gasteiger partial charge in [0.15, 0.2) is 0 Å². The number of ether oxygens (including phenoxy) is 2. The molecule has 5 nitrogen and oxygen atoms in total. The van der Waals surface area contributed by atoms with Crippen LogP contribution in [0, 0.1) is 12.7 Å². The third kappa shape index (κ3) is 5.47. The van der Waals surface area contributed by atoms with Crippen LogP contribution in [-0.4, -0.2) is 61.4 Å². The molecule has 1 aliphatic rings. The molecule has 3 rings (SSSR count). The lowest BCUT2D eigenvalue weighted by Crippen LogP contribution is -2.52. The fraction of sp³-hybridized carbons (Fsp3) is 0.478. The molecule has 0 saturated carbocycles. The van der Waals surface area contributed by atoms with Gasteiger partial charge in [0.05, 0.1) is 14.2 Å². The van der Waals surface area contributed by atoms with E-state index in [2.05, 4.69) is 28.9 Å². The summed E-state index contributed by atoms with van der Waals surface area (Å²) in [4.78, 5) is 4.68. The molecular formula is C23H31FN2O3. The molecule has 1 fully saturated rings. The van der Waals surface area contributed by atoms with Crippen molar-refractivity contribution >= 4 is 0 Å². The standard InChI is InChI=1S/C23H31FN2O3/c1-17-12-18(4-7-23(17)29-3)14-26-10-9-25(16-20(26)8-11-27)15-19-5-6-21(28-2)13-22(19)24/h4-7,12-13,20,27H,8-11,14-16H2,1-3H3. The van der Waals surface area contributed by atoms with Crippen molar-refractivity contribution in [3.05, 3.63) is 58.9 Å². The van der Waals surface area contributed by atoms with Crippen molar-refractivity contribution in [3.63, 3.8) is 0 Å². The number of hydrogen-bond donors (Lipinski definition) is 1. The Labute approximate surface area is 172 Å². The molecule has 29 heavy (non-hydrogen) atoms. The normalized spacial score (nSPS) is 18.0. The Bertz CT molecular complexity index is 815. The lowest BCUT2D eigenvalue weighted by molar-refractivity contribution is 0.0494. The molecule has 0 spiro atoms. The van der Waals surface area contributed by atoms with E-state index in [1.807, 2.05) is 6.07 Å². The fourth-order valence-electron chi connectivity index (χ4n) is 4.03. The van der Waals surface area contributed by atoms with E-state index in [9.17, 15) is 9.50 Å². The van der Waals surface area contributed by atoms with Gasteiger partial charge >= 0.3 is 0 Å². The molecular weight excluding hydrogens is 371 g/mol. The highest BCUT2D eigenvalue weighted by Crippen LogP contribution is 2.23. The third-order valence-corrected chi connectivity index (χ3v) is 5.65. The first-order valence-electron chi connectivity index (χ1n) is 10.1. The first kappa shape index (κ1) is 21.6.